The molecular weight excluding hydrogens is 520 g/mol. The van der Waals surface area contributed by atoms with Crippen LogP contribution in [0.15, 0.2) is 115 Å². The van der Waals surface area contributed by atoms with Crippen molar-refractivity contribution in [3.8, 4) is 17.0 Å². The van der Waals surface area contributed by atoms with E-state index in [4.69, 9.17) is 9.72 Å². The molecule has 1 aromatic heterocycles. The fourth-order valence-corrected chi connectivity index (χ4v) is 6.24. The molecule has 5 aromatic rings. The van der Waals surface area contributed by atoms with E-state index in [0.717, 1.165) is 40.4 Å². The van der Waals surface area contributed by atoms with Crippen molar-refractivity contribution >= 4 is 23.2 Å². The molecule has 4 aromatic carbocycles. The molecule has 1 aliphatic heterocycles. The second kappa shape index (κ2) is 10.8. The number of benzene rings is 4. The molecule has 0 bridgehead atoms. The van der Waals surface area contributed by atoms with Crippen molar-refractivity contribution in [1.29, 1.82) is 0 Å². The fourth-order valence-electron chi connectivity index (χ4n) is 6.24. The van der Waals surface area contributed by atoms with Crippen LogP contribution in [0.1, 0.15) is 48.7 Å². The third-order valence-corrected chi connectivity index (χ3v) is 8.16. The Bertz CT molecular complexity index is 1720. The first-order valence-electron chi connectivity index (χ1n) is 14.1. The molecule has 2 heterocycles. The average Bonchev–Trinajstić information content (AvgIpc) is 3.02. The first-order chi connectivity index (χ1) is 20.3. The number of hydrogen-bond donors (Lipinski definition) is 1. The van der Waals surface area contributed by atoms with Gasteiger partial charge in [-0.15, -0.1) is 0 Å². The highest BCUT2D eigenvalue weighted by Gasteiger charge is 2.48. The molecule has 0 saturated carbocycles. The molecule has 42 heavy (non-hydrogen) atoms. The summed E-state index contributed by atoms with van der Waals surface area (Å²) in [5, 5.41) is 3.42. The summed E-state index contributed by atoms with van der Waals surface area (Å²) < 4.78 is 5.29. The third kappa shape index (κ3) is 5.00. The topological polar surface area (TPSA) is 67.3 Å². The van der Waals surface area contributed by atoms with Gasteiger partial charge in [-0.25, -0.2) is 9.97 Å². The molecule has 1 amide bonds. The van der Waals surface area contributed by atoms with Crippen LogP contribution in [-0.2, 0) is 5.41 Å². The lowest BCUT2D eigenvalue weighted by Crippen LogP contribution is -2.55. The molecule has 6 nitrogen and oxygen atoms in total. The minimum atomic E-state index is -0.435. The van der Waals surface area contributed by atoms with E-state index in [1.807, 2.05) is 83.8 Å². The van der Waals surface area contributed by atoms with Gasteiger partial charge < -0.3 is 15.0 Å². The summed E-state index contributed by atoms with van der Waals surface area (Å²) in [6.07, 6.45) is 2.51. The van der Waals surface area contributed by atoms with Crippen LogP contribution in [0.25, 0.3) is 11.3 Å². The number of carbonyl (C=O) groups is 1. The Kier molecular flexibility index (Phi) is 6.99. The SMILES string of the molecule is COc1ccc(-c2ccnc(Nc3ccc4c(c3)C(C)(c3ccccc3)CC(C)(C)N4C(=O)c3ccccc3)n2)cc1. The predicted molar refractivity (Wildman–Crippen MR) is 169 cm³/mol. The summed E-state index contributed by atoms with van der Waals surface area (Å²) in [6, 6.07) is 35.9. The normalized spacial score (nSPS) is 17.3. The predicted octanol–water partition coefficient (Wildman–Crippen LogP) is 8.03. The number of aromatic nitrogens is 2. The summed E-state index contributed by atoms with van der Waals surface area (Å²) in [7, 11) is 1.65. The number of anilines is 3. The molecule has 0 saturated heterocycles. The minimum Gasteiger partial charge on any atom is -0.497 e. The highest BCUT2D eigenvalue weighted by Crippen LogP contribution is 2.51. The molecule has 0 radical (unpaired) electrons. The summed E-state index contributed by atoms with van der Waals surface area (Å²) in [4.78, 5) is 25.2. The summed E-state index contributed by atoms with van der Waals surface area (Å²) in [5.74, 6) is 1.29. The summed E-state index contributed by atoms with van der Waals surface area (Å²) in [5.41, 5.74) is 5.73. The molecule has 6 heteroatoms. The third-order valence-electron chi connectivity index (χ3n) is 8.16. The molecule has 1 atom stereocenters. The van der Waals surface area contributed by atoms with Crippen molar-refractivity contribution in [1.82, 2.24) is 9.97 Å². The maximum absolute atomic E-state index is 14.0. The molecule has 6 rings (SSSR count). The van der Waals surface area contributed by atoms with E-state index >= 15 is 0 Å². The molecule has 1 aliphatic rings. The minimum absolute atomic E-state index is 0.00630. The van der Waals surface area contributed by atoms with Gasteiger partial charge in [-0.2, -0.15) is 0 Å². The van der Waals surface area contributed by atoms with Crippen LogP contribution in [0.3, 0.4) is 0 Å². The largest absolute Gasteiger partial charge is 0.497 e. The lowest BCUT2D eigenvalue weighted by molar-refractivity contribution is 0.0948. The Morgan fingerprint density at radius 1 is 0.857 bits per heavy atom. The van der Waals surface area contributed by atoms with Crippen LogP contribution < -0.4 is 15.0 Å². The van der Waals surface area contributed by atoms with Crippen molar-refractivity contribution < 1.29 is 9.53 Å². The van der Waals surface area contributed by atoms with E-state index in [9.17, 15) is 4.79 Å². The molecule has 0 aliphatic carbocycles. The monoisotopic (exact) mass is 554 g/mol. The molecular formula is C36H34N4O2. The quantitative estimate of drug-likeness (QED) is 0.230. The lowest BCUT2D eigenvalue weighted by Gasteiger charge is -2.51. The van der Waals surface area contributed by atoms with Crippen LogP contribution in [0.5, 0.6) is 5.75 Å². The Morgan fingerprint density at radius 2 is 1.55 bits per heavy atom. The van der Waals surface area contributed by atoms with Gasteiger partial charge in [-0.1, -0.05) is 55.5 Å². The van der Waals surface area contributed by atoms with Gasteiger partial charge in [0, 0.05) is 39.7 Å². The van der Waals surface area contributed by atoms with Crippen molar-refractivity contribution in [2.24, 2.45) is 0 Å². The molecule has 0 fully saturated rings. The Morgan fingerprint density at radius 3 is 2.24 bits per heavy atom. The average molecular weight is 555 g/mol. The van der Waals surface area contributed by atoms with Gasteiger partial charge in [-0.05, 0) is 92.1 Å². The van der Waals surface area contributed by atoms with Gasteiger partial charge in [0.1, 0.15) is 5.75 Å². The van der Waals surface area contributed by atoms with Gasteiger partial charge in [-0.3, -0.25) is 4.79 Å². The second-order valence-electron chi connectivity index (χ2n) is 11.5. The maximum Gasteiger partial charge on any atom is 0.258 e. The smallest absolute Gasteiger partial charge is 0.258 e. The fraction of sp³-hybridized carbons (Fsp3) is 0.194. The number of rotatable bonds is 6. The van der Waals surface area contributed by atoms with Gasteiger partial charge in [0.2, 0.25) is 5.95 Å². The van der Waals surface area contributed by atoms with E-state index in [-0.39, 0.29) is 11.3 Å². The molecule has 1 N–H and O–H groups in total. The van der Waals surface area contributed by atoms with E-state index in [0.29, 0.717) is 11.5 Å². The Labute approximate surface area is 247 Å². The van der Waals surface area contributed by atoms with Crippen molar-refractivity contribution in [2.45, 2.75) is 38.1 Å². The molecule has 0 spiro atoms. The highest BCUT2D eigenvalue weighted by atomic mass is 16.5. The second-order valence-corrected chi connectivity index (χ2v) is 11.5. The number of hydrogen-bond acceptors (Lipinski definition) is 5. The van der Waals surface area contributed by atoms with Crippen LogP contribution in [0.2, 0.25) is 0 Å². The zero-order valence-electron chi connectivity index (χ0n) is 24.3. The first-order valence-corrected chi connectivity index (χ1v) is 14.1. The number of fused-ring (bicyclic) bond motifs is 1. The summed E-state index contributed by atoms with van der Waals surface area (Å²) in [6.45, 7) is 6.59. The van der Waals surface area contributed by atoms with Crippen LogP contribution >= 0.6 is 0 Å². The van der Waals surface area contributed by atoms with E-state index in [2.05, 4.69) is 61.4 Å². The number of methoxy groups -OCH3 is 1. The van der Waals surface area contributed by atoms with Crippen LogP contribution in [0, 0.1) is 0 Å². The zero-order chi connectivity index (χ0) is 29.3. The standard InChI is InChI=1S/C36H34N4O2/c1-35(2)24-36(3,27-13-9-6-10-14-27)30-23-28(17-20-32(30)40(35)33(41)26-11-7-5-8-12-26)38-34-37-22-21-31(39-34)25-15-18-29(42-4)19-16-25/h5-23H,24H2,1-4H3,(H,37,38,39). The first kappa shape index (κ1) is 27.2. The van der Waals surface area contributed by atoms with Crippen molar-refractivity contribution in [3.05, 3.63) is 132 Å². The van der Waals surface area contributed by atoms with Crippen LogP contribution in [0.4, 0.5) is 17.3 Å². The highest BCUT2D eigenvalue weighted by molar-refractivity contribution is 6.08. The molecule has 210 valence electrons. The summed E-state index contributed by atoms with van der Waals surface area (Å²) >= 11 is 0. The van der Waals surface area contributed by atoms with E-state index in [1.54, 1.807) is 13.3 Å². The van der Waals surface area contributed by atoms with Gasteiger partial charge in [0.05, 0.1) is 12.8 Å². The number of nitrogens with zero attached hydrogens (tertiary/aromatic N) is 3. The maximum atomic E-state index is 14.0. The van der Waals surface area contributed by atoms with Gasteiger partial charge in [0.15, 0.2) is 0 Å². The van der Waals surface area contributed by atoms with Gasteiger partial charge >= 0.3 is 0 Å². The number of carbonyl (C=O) groups excluding carboxylic acids is 1. The van der Waals surface area contributed by atoms with Crippen molar-refractivity contribution in [2.75, 3.05) is 17.3 Å². The van der Waals surface area contributed by atoms with E-state index < -0.39 is 5.54 Å². The Hall–Kier alpha value is -4.97. The molecule has 1 unspecified atom stereocenters. The zero-order valence-corrected chi connectivity index (χ0v) is 24.3. The van der Waals surface area contributed by atoms with Crippen molar-refractivity contribution in [3.63, 3.8) is 0 Å². The number of amides is 1. The Balaban J connectivity index is 1.42. The van der Waals surface area contributed by atoms with Gasteiger partial charge in [0.25, 0.3) is 5.91 Å². The number of nitrogens with one attached hydrogen (secondary N) is 1. The number of ether oxygens (including phenoxy) is 1. The van der Waals surface area contributed by atoms with Crippen LogP contribution in [-0.4, -0.2) is 28.5 Å². The van der Waals surface area contributed by atoms with E-state index in [1.165, 1.54) is 5.56 Å². The lowest BCUT2D eigenvalue weighted by atomic mass is 9.65.